The van der Waals surface area contributed by atoms with Crippen molar-refractivity contribution in [1.29, 1.82) is 0 Å². The molecule has 0 bridgehead atoms. The van der Waals surface area contributed by atoms with Gasteiger partial charge in [0.2, 0.25) is 0 Å². The van der Waals surface area contributed by atoms with Gasteiger partial charge >= 0.3 is 0 Å². The van der Waals surface area contributed by atoms with Gasteiger partial charge in [0.25, 0.3) is 0 Å². The van der Waals surface area contributed by atoms with E-state index in [0.717, 1.165) is 8.68 Å². The minimum Gasteiger partial charge on any atom is -0.307 e. The molecule has 0 saturated heterocycles. The van der Waals surface area contributed by atoms with Crippen molar-refractivity contribution in [3.8, 4) is 0 Å². The number of pyridine rings is 1. The fraction of sp³-hybridized carbons (Fsp3) is 0.125. The Labute approximate surface area is 126 Å². The number of nitrogens with one attached hydrogen (secondary N) is 1. The van der Waals surface area contributed by atoms with Gasteiger partial charge in [-0.05, 0) is 24.1 Å². The standard InChI is InChI=1S/C8H7Cl2N5S3/c1-16-7-14-15-8(18-7)17-6-4(10)2-3(9)5(12-6)13-11/h2H,11H2,1H3,(H,12,13). The molecule has 2 rings (SSSR count). The first-order chi connectivity index (χ1) is 8.63. The van der Waals surface area contributed by atoms with Crippen molar-refractivity contribution in [2.75, 3.05) is 11.7 Å². The molecule has 2 aromatic rings. The molecule has 0 spiro atoms. The van der Waals surface area contributed by atoms with E-state index in [9.17, 15) is 0 Å². The van der Waals surface area contributed by atoms with Crippen LogP contribution in [0.2, 0.25) is 10.0 Å². The molecule has 3 N–H and O–H groups in total. The lowest BCUT2D eigenvalue weighted by atomic mass is 10.4. The number of anilines is 1. The van der Waals surface area contributed by atoms with Crippen LogP contribution in [0.15, 0.2) is 19.8 Å². The van der Waals surface area contributed by atoms with Crippen LogP contribution >= 0.6 is 58.1 Å². The Hall–Kier alpha value is -0.250. The summed E-state index contributed by atoms with van der Waals surface area (Å²) in [5.41, 5.74) is 2.41. The van der Waals surface area contributed by atoms with E-state index in [4.69, 9.17) is 29.0 Å². The highest BCUT2D eigenvalue weighted by Gasteiger charge is 2.13. The predicted molar refractivity (Wildman–Crippen MR) is 77.9 cm³/mol. The smallest absolute Gasteiger partial charge is 0.181 e. The molecule has 0 aliphatic heterocycles. The third-order valence-corrected chi connectivity index (χ3v) is 5.42. The van der Waals surface area contributed by atoms with E-state index in [0.29, 0.717) is 20.9 Å². The minimum atomic E-state index is 0.369. The summed E-state index contributed by atoms with van der Waals surface area (Å²) in [6, 6.07) is 1.59. The third kappa shape index (κ3) is 3.19. The monoisotopic (exact) mass is 339 g/mol. The van der Waals surface area contributed by atoms with E-state index in [1.165, 1.54) is 34.9 Å². The molecule has 0 unspecified atom stereocenters. The van der Waals surface area contributed by atoms with Crippen molar-refractivity contribution >= 4 is 63.9 Å². The van der Waals surface area contributed by atoms with Gasteiger partial charge in [-0.15, -0.1) is 10.2 Å². The van der Waals surface area contributed by atoms with Gasteiger partial charge in [-0.1, -0.05) is 46.3 Å². The molecule has 0 radical (unpaired) electrons. The molecular weight excluding hydrogens is 333 g/mol. The Morgan fingerprint density at radius 3 is 2.61 bits per heavy atom. The van der Waals surface area contributed by atoms with Crippen LogP contribution in [0.3, 0.4) is 0 Å². The van der Waals surface area contributed by atoms with Crippen molar-refractivity contribution in [2.24, 2.45) is 5.84 Å². The van der Waals surface area contributed by atoms with Gasteiger partial charge in [-0.2, -0.15) is 0 Å². The average molecular weight is 340 g/mol. The van der Waals surface area contributed by atoms with Crippen molar-refractivity contribution in [3.05, 3.63) is 16.1 Å². The minimum absolute atomic E-state index is 0.369. The van der Waals surface area contributed by atoms with E-state index >= 15 is 0 Å². The van der Waals surface area contributed by atoms with Crippen LogP contribution in [0.4, 0.5) is 5.82 Å². The molecule has 0 aliphatic carbocycles. The lowest BCUT2D eigenvalue weighted by Gasteiger charge is -2.06. The molecule has 2 aromatic heterocycles. The van der Waals surface area contributed by atoms with Gasteiger partial charge < -0.3 is 5.43 Å². The number of nitrogens with two attached hydrogens (primary N) is 1. The molecular formula is C8H7Cl2N5S3. The number of hydrogen-bond donors (Lipinski definition) is 2. The highest BCUT2D eigenvalue weighted by atomic mass is 35.5. The maximum atomic E-state index is 6.06. The van der Waals surface area contributed by atoms with Gasteiger partial charge in [0.1, 0.15) is 5.03 Å². The SMILES string of the molecule is CSc1nnc(Sc2nc(NN)c(Cl)cc2Cl)s1. The fourth-order valence-electron chi connectivity index (χ4n) is 1.03. The van der Waals surface area contributed by atoms with Crippen LogP contribution < -0.4 is 11.3 Å². The maximum Gasteiger partial charge on any atom is 0.181 e. The number of rotatable bonds is 4. The van der Waals surface area contributed by atoms with E-state index in [-0.39, 0.29) is 0 Å². The van der Waals surface area contributed by atoms with Crippen molar-refractivity contribution in [2.45, 2.75) is 13.7 Å². The second-order valence-electron chi connectivity index (χ2n) is 2.89. The Balaban J connectivity index is 2.28. The number of hydrazine groups is 1. The highest BCUT2D eigenvalue weighted by Crippen LogP contribution is 2.37. The maximum absolute atomic E-state index is 6.06. The molecule has 18 heavy (non-hydrogen) atoms. The number of halogens is 2. The zero-order valence-corrected chi connectivity index (χ0v) is 12.9. The lowest BCUT2D eigenvalue weighted by Crippen LogP contribution is -2.09. The summed E-state index contributed by atoms with van der Waals surface area (Å²) in [6.07, 6.45) is 1.94. The Morgan fingerprint density at radius 1 is 1.28 bits per heavy atom. The number of thioether (sulfide) groups is 1. The highest BCUT2D eigenvalue weighted by molar-refractivity contribution is 8.03. The quantitative estimate of drug-likeness (QED) is 0.502. The molecule has 0 fully saturated rings. The first-order valence-corrected chi connectivity index (χ1v) is 8.13. The molecule has 0 amide bonds. The third-order valence-electron chi connectivity index (χ3n) is 1.78. The number of nitrogen functional groups attached to an aromatic ring is 1. The second kappa shape index (κ2) is 6.27. The number of aromatic nitrogens is 3. The van der Waals surface area contributed by atoms with Crippen LogP contribution in [0.1, 0.15) is 0 Å². The molecule has 10 heteroatoms. The fourth-order valence-corrected chi connectivity index (χ4v) is 3.90. The molecule has 0 aromatic carbocycles. The Kier molecular flexibility index (Phi) is 4.93. The average Bonchev–Trinajstić information content (AvgIpc) is 2.80. The molecule has 5 nitrogen and oxygen atoms in total. The summed E-state index contributed by atoms with van der Waals surface area (Å²) in [5, 5.41) is 9.42. The van der Waals surface area contributed by atoms with E-state index < -0.39 is 0 Å². The summed E-state index contributed by atoms with van der Waals surface area (Å²) in [6.45, 7) is 0. The van der Waals surface area contributed by atoms with E-state index in [1.807, 2.05) is 6.26 Å². The zero-order valence-electron chi connectivity index (χ0n) is 8.98. The topological polar surface area (TPSA) is 76.7 Å². The summed E-state index contributed by atoms with van der Waals surface area (Å²) in [5.74, 6) is 5.68. The van der Waals surface area contributed by atoms with Gasteiger partial charge in [-0.25, -0.2) is 10.8 Å². The summed E-state index contributed by atoms with van der Waals surface area (Å²) < 4.78 is 1.65. The van der Waals surface area contributed by atoms with Gasteiger partial charge in [0, 0.05) is 0 Å². The van der Waals surface area contributed by atoms with Gasteiger partial charge in [0.15, 0.2) is 14.5 Å². The molecule has 0 atom stereocenters. The number of nitrogens with zero attached hydrogens (tertiary/aromatic N) is 3. The molecule has 0 aliphatic rings. The predicted octanol–water partition coefficient (Wildman–Crippen LogP) is 3.40. The Bertz CT molecular complexity index is 562. The normalized spacial score (nSPS) is 10.7. The largest absolute Gasteiger partial charge is 0.307 e. The second-order valence-corrected chi connectivity index (χ2v) is 6.97. The van der Waals surface area contributed by atoms with E-state index in [2.05, 4.69) is 20.6 Å². The van der Waals surface area contributed by atoms with Crippen LogP contribution in [0.25, 0.3) is 0 Å². The number of hydrogen-bond acceptors (Lipinski definition) is 8. The van der Waals surface area contributed by atoms with Crippen LogP contribution in [0.5, 0.6) is 0 Å². The zero-order chi connectivity index (χ0) is 13.1. The first-order valence-electron chi connectivity index (χ1n) is 4.52. The van der Waals surface area contributed by atoms with Crippen LogP contribution in [-0.4, -0.2) is 21.4 Å². The lowest BCUT2D eigenvalue weighted by molar-refractivity contribution is 0.953. The molecule has 96 valence electrons. The first kappa shape index (κ1) is 14.2. The molecule has 2 heterocycles. The summed E-state index contributed by atoms with van der Waals surface area (Å²) >= 11 is 16.3. The van der Waals surface area contributed by atoms with E-state index in [1.54, 1.807) is 6.07 Å². The van der Waals surface area contributed by atoms with Crippen LogP contribution in [0, 0.1) is 0 Å². The van der Waals surface area contributed by atoms with Crippen molar-refractivity contribution in [1.82, 2.24) is 15.2 Å². The Morgan fingerprint density at radius 2 is 2.00 bits per heavy atom. The summed E-state index contributed by atoms with van der Waals surface area (Å²) in [7, 11) is 0. The van der Waals surface area contributed by atoms with Crippen molar-refractivity contribution < 1.29 is 0 Å². The molecule has 0 saturated carbocycles. The van der Waals surface area contributed by atoms with Gasteiger partial charge in [-0.3, -0.25) is 0 Å². The van der Waals surface area contributed by atoms with Crippen LogP contribution in [-0.2, 0) is 0 Å². The van der Waals surface area contributed by atoms with Gasteiger partial charge in [0.05, 0.1) is 10.0 Å². The summed E-state index contributed by atoms with van der Waals surface area (Å²) in [4.78, 5) is 4.22. The van der Waals surface area contributed by atoms with Crippen molar-refractivity contribution in [3.63, 3.8) is 0 Å².